The molecule has 1 aliphatic carbocycles. The van der Waals surface area contributed by atoms with Crippen LogP contribution < -0.4 is 0 Å². The van der Waals surface area contributed by atoms with Gasteiger partial charge in [0.15, 0.2) is 5.82 Å². The molecule has 3 aromatic rings. The van der Waals surface area contributed by atoms with Gasteiger partial charge in [-0.2, -0.15) is 8.78 Å². The van der Waals surface area contributed by atoms with Crippen LogP contribution in [0.25, 0.3) is 23.0 Å². The number of pyridine rings is 1. The van der Waals surface area contributed by atoms with Crippen molar-refractivity contribution in [1.82, 2.24) is 24.7 Å². The normalized spacial score (nSPS) is 15.2. The SMILES string of the molecule is CC(C1=CCC=CC(F)=C1)n1ccnc1-c1cc(-c2nnc(C(F)F)o2)ccn1. The summed E-state index contributed by atoms with van der Waals surface area (Å²) >= 11 is 0. The number of alkyl halides is 2. The van der Waals surface area contributed by atoms with Gasteiger partial charge in [-0.25, -0.2) is 9.37 Å². The van der Waals surface area contributed by atoms with Gasteiger partial charge < -0.3 is 8.98 Å². The number of nitrogens with zero attached hydrogens (tertiary/aromatic N) is 5. The molecule has 4 rings (SSSR count). The van der Waals surface area contributed by atoms with Crippen LogP contribution in [0.15, 0.2) is 70.8 Å². The fraction of sp³-hybridized carbons (Fsp3) is 0.200. The average molecular weight is 399 g/mol. The number of imidazole rings is 1. The molecule has 0 saturated heterocycles. The maximum absolute atomic E-state index is 13.8. The summed E-state index contributed by atoms with van der Waals surface area (Å²) in [4.78, 5) is 8.70. The topological polar surface area (TPSA) is 69.6 Å². The van der Waals surface area contributed by atoms with E-state index in [1.54, 1.807) is 30.6 Å². The van der Waals surface area contributed by atoms with Crippen LogP contribution in [-0.2, 0) is 0 Å². The molecule has 148 valence electrons. The van der Waals surface area contributed by atoms with E-state index in [-0.39, 0.29) is 17.8 Å². The van der Waals surface area contributed by atoms with Crippen LogP contribution >= 0.6 is 0 Å². The zero-order valence-electron chi connectivity index (χ0n) is 15.3. The second kappa shape index (κ2) is 7.86. The van der Waals surface area contributed by atoms with Gasteiger partial charge in [-0.1, -0.05) is 12.2 Å². The zero-order chi connectivity index (χ0) is 20.4. The van der Waals surface area contributed by atoms with Gasteiger partial charge >= 0.3 is 6.43 Å². The zero-order valence-corrected chi connectivity index (χ0v) is 15.3. The monoisotopic (exact) mass is 399 g/mol. The summed E-state index contributed by atoms with van der Waals surface area (Å²) in [6.07, 6.45) is 9.33. The highest BCUT2D eigenvalue weighted by Crippen LogP contribution is 2.30. The maximum Gasteiger partial charge on any atom is 0.314 e. The molecule has 0 aromatic carbocycles. The molecule has 0 aliphatic heterocycles. The highest BCUT2D eigenvalue weighted by molar-refractivity contribution is 5.62. The summed E-state index contributed by atoms with van der Waals surface area (Å²) in [5, 5.41) is 7.01. The summed E-state index contributed by atoms with van der Waals surface area (Å²) in [7, 11) is 0. The molecule has 1 aliphatic rings. The number of halogens is 3. The molecule has 0 spiro atoms. The Bertz CT molecular complexity index is 1110. The van der Waals surface area contributed by atoms with Crippen LogP contribution in [0.5, 0.6) is 0 Å². The number of rotatable bonds is 5. The van der Waals surface area contributed by atoms with Crippen molar-refractivity contribution in [1.29, 1.82) is 0 Å². The number of hydrogen-bond donors (Lipinski definition) is 0. The Labute approximate surface area is 164 Å². The van der Waals surface area contributed by atoms with Crippen molar-refractivity contribution in [2.45, 2.75) is 25.8 Å². The third-order valence-corrected chi connectivity index (χ3v) is 4.50. The number of hydrogen-bond acceptors (Lipinski definition) is 5. The third-order valence-electron chi connectivity index (χ3n) is 4.50. The van der Waals surface area contributed by atoms with E-state index in [1.165, 1.54) is 18.3 Å². The molecule has 0 N–H and O–H groups in total. The molecule has 3 aromatic heterocycles. The molecule has 1 unspecified atom stereocenters. The van der Waals surface area contributed by atoms with Gasteiger partial charge in [0.1, 0.15) is 11.5 Å². The van der Waals surface area contributed by atoms with E-state index >= 15 is 0 Å². The summed E-state index contributed by atoms with van der Waals surface area (Å²) in [5.74, 6) is -0.539. The van der Waals surface area contributed by atoms with Crippen molar-refractivity contribution in [2.24, 2.45) is 0 Å². The Kier molecular flexibility index (Phi) is 5.11. The molecule has 29 heavy (non-hydrogen) atoms. The van der Waals surface area contributed by atoms with Crippen molar-refractivity contribution in [3.05, 3.63) is 72.3 Å². The van der Waals surface area contributed by atoms with Crippen LogP contribution in [0.4, 0.5) is 13.2 Å². The molecule has 0 saturated carbocycles. The second-order valence-corrected chi connectivity index (χ2v) is 6.38. The summed E-state index contributed by atoms with van der Waals surface area (Å²) in [6.45, 7) is 1.93. The fourth-order valence-corrected chi connectivity index (χ4v) is 3.05. The largest absolute Gasteiger partial charge is 0.415 e. The van der Waals surface area contributed by atoms with Crippen LogP contribution in [0.3, 0.4) is 0 Å². The highest BCUT2D eigenvalue weighted by atomic mass is 19.3. The predicted molar refractivity (Wildman–Crippen MR) is 99.4 cm³/mol. The molecule has 9 heteroatoms. The van der Waals surface area contributed by atoms with Gasteiger partial charge in [0.25, 0.3) is 5.89 Å². The fourth-order valence-electron chi connectivity index (χ4n) is 3.05. The van der Waals surface area contributed by atoms with E-state index in [0.29, 0.717) is 23.5 Å². The Morgan fingerprint density at radius 3 is 2.83 bits per heavy atom. The van der Waals surface area contributed by atoms with E-state index in [1.807, 2.05) is 17.6 Å². The Morgan fingerprint density at radius 2 is 2.03 bits per heavy atom. The lowest BCUT2D eigenvalue weighted by Gasteiger charge is -2.17. The first-order valence-corrected chi connectivity index (χ1v) is 8.88. The Balaban J connectivity index is 1.68. The minimum absolute atomic E-state index is 0.0299. The molecule has 1 atom stereocenters. The summed E-state index contributed by atoms with van der Waals surface area (Å²) in [5.41, 5.74) is 1.75. The summed E-state index contributed by atoms with van der Waals surface area (Å²) < 4.78 is 46.1. The van der Waals surface area contributed by atoms with Gasteiger partial charge in [-0.3, -0.25) is 4.98 Å². The first-order chi connectivity index (χ1) is 14.0. The van der Waals surface area contributed by atoms with Crippen LogP contribution in [0.1, 0.15) is 31.7 Å². The number of aromatic nitrogens is 5. The van der Waals surface area contributed by atoms with E-state index in [2.05, 4.69) is 20.2 Å². The van der Waals surface area contributed by atoms with Gasteiger partial charge in [-0.05, 0) is 43.2 Å². The van der Waals surface area contributed by atoms with Crippen molar-refractivity contribution < 1.29 is 17.6 Å². The number of allylic oxidation sites excluding steroid dienone is 6. The Hall–Kier alpha value is -3.49. The lowest BCUT2D eigenvalue weighted by molar-refractivity contribution is 0.116. The van der Waals surface area contributed by atoms with Gasteiger partial charge in [-0.15, -0.1) is 10.2 Å². The first kappa shape index (κ1) is 18.9. The quantitative estimate of drug-likeness (QED) is 0.587. The lowest BCUT2D eigenvalue weighted by Crippen LogP contribution is -2.08. The molecule has 6 nitrogen and oxygen atoms in total. The molecule has 0 amide bonds. The van der Waals surface area contributed by atoms with Gasteiger partial charge in [0, 0.05) is 24.2 Å². The van der Waals surface area contributed by atoms with Crippen LogP contribution in [-0.4, -0.2) is 24.7 Å². The molecule has 0 radical (unpaired) electrons. The van der Waals surface area contributed by atoms with Crippen molar-refractivity contribution in [2.75, 3.05) is 0 Å². The molecular formula is C20H16F3N5O. The van der Waals surface area contributed by atoms with E-state index in [9.17, 15) is 13.2 Å². The molecular weight excluding hydrogens is 383 g/mol. The van der Waals surface area contributed by atoms with Crippen molar-refractivity contribution in [3.63, 3.8) is 0 Å². The van der Waals surface area contributed by atoms with Crippen molar-refractivity contribution in [3.8, 4) is 23.0 Å². The van der Waals surface area contributed by atoms with E-state index in [4.69, 9.17) is 4.42 Å². The maximum atomic E-state index is 13.8. The second-order valence-electron chi connectivity index (χ2n) is 6.38. The highest BCUT2D eigenvalue weighted by Gasteiger charge is 2.19. The van der Waals surface area contributed by atoms with E-state index in [0.717, 1.165) is 5.57 Å². The smallest absolute Gasteiger partial charge is 0.314 e. The molecule has 0 bridgehead atoms. The minimum atomic E-state index is -2.84. The van der Waals surface area contributed by atoms with Crippen molar-refractivity contribution >= 4 is 0 Å². The lowest BCUT2D eigenvalue weighted by atomic mass is 10.1. The standard InChI is InChI=1S/C20H16F3N5O/c1-12(13-4-2-3-5-15(21)10-13)28-9-8-25-18(28)16-11-14(6-7-24-16)19-26-27-20(29-19)17(22)23/h3-12,17H,2H2,1H3. The first-order valence-electron chi connectivity index (χ1n) is 8.88. The minimum Gasteiger partial charge on any atom is -0.415 e. The van der Waals surface area contributed by atoms with Crippen LogP contribution in [0.2, 0.25) is 0 Å². The summed E-state index contributed by atoms with van der Waals surface area (Å²) in [6, 6.07) is 3.02. The average Bonchev–Trinajstić information content (AvgIpc) is 3.35. The van der Waals surface area contributed by atoms with E-state index < -0.39 is 12.3 Å². The predicted octanol–water partition coefficient (Wildman–Crippen LogP) is 5.23. The Morgan fingerprint density at radius 1 is 1.17 bits per heavy atom. The van der Waals surface area contributed by atoms with Crippen LogP contribution in [0, 0.1) is 0 Å². The molecule has 3 heterocycles. The third kappa shape index (κ3) is 3.89. The molecule has 0 fully saturated rings. The van der Waals surface area contributed by atoms with Gasteiger partial charge in [0.2, 0.25) is 5.89 Å². The van der Waals surface area contributed by atoms with Gasteiger partial charge in [0.05, 0.1) is 6.04 Å².